The molecule has 0 fully saturated rings. The molecule has 0 aliphatic carbocycles. The van der Waals surface area contributed by atoms with Crippen LogP contribution in [0.3, 0.4) is 0 Å². The number of fused-ring (bicyclic) bond motifs is 1. The Morgan fingerprint density at radius 3 is 2.60 bits per heavy atom. The molecule has 2 heterocycles. The number of hydrogen-bond donors (Lipinski definition) is 0. The lowest BCUT2D eigenvalue weighted by molar-refractivity contribution is -0.384. The molecule has 7 heteroatoms. The second-order valence-corrected chi connectivity index (χ2v) is 5.28. The van der Waals surface area contributed by atoms with Crippen molar-refractivity contribution in [1.82, 2.24) is 10.2 Å². The van der Waals surface area contributed by atoms with E-state index in [0.717, 1.165) is 5.56 Å². The largest absolute Gasteiger partial charge is 0.451 e. The van der Waals surface area contributed by atoms with Gasteiger partial charge in [-0.25, -0.2) is 0 Å². The number of nitro groups is 1. The van der Waals surface area contributed by atoms with Gasteiger partial charge in [0.2, 0.25) is 5.89 Å². The van der Waals surface area contributed by atoms with Gasteiger partial charge in [0.15, 0.2) is 5.76 Å². The molecule has 4 aromatic rings. The maximum absolute atomic E-state index is 10.8. The quantitative estimate of drug-likeness (QED) is 0.401. The summed E-state index contributed by atoms with van der Waals surface area (Å²) in [4.78, 5) is 10.4. The third-order valence-electron chi connectivity index (χ3n) is 3.58. The van der Waals surface area contributed by atoms with Crippen molar-refractivity contribution in [2.24, 2.45) is 0 Å². The molecule has 122 valence electrons. The summed E-state index contributed by atoms with van der Waals surface area (Å²) in [6.07, 6.45) is 3.57. The molecule has 0 N–H and O–H groups in total. The summed E-state index contributed by atoms with van der Waals surface area (Å²) in [6, 6.07) is 15.7. The van der Waals surface area contributed by atoms with Gasteiger partial charge in [-0.2, -0.15) is 0 Å². The van der Waals surface area contributed by atoms with Crippen molar-refractivity contribution in [2.75, 3.05) is 0 Å². The molecule has 0 radical (unpaired) electrons. The van der Waals surface area contributed by atoms with E-state index in [1.807, 2.05) is 36.4 Å². The van der Waals surface area contributed by atoms with Crippen LogP contribution >= 0.6 is 0 Å². The number of rotatable bonds is 4. The smallest absolute Gasteiger partial charge is 0.283 e. The van der Waals surface area contributed by atoms with Gasteiger partial charge in [-0.3, -0.25) is 10.1 Å². The maximum Gasteiger partial charge on any atom is 0.283 e. The van der Waals surface area contributed by atoms with Crippen LogP contribution in [0.15, 0.2) is 63.4 Å². The summed E-state index contributed by atoms with van der Waals surface area (Å²) >= 11 is 0. The van der Waals surface area contributed by atoms with Crippen LogP contribution in [0.1, 0.15) is 11.5 Å². The van der Waals surface area contributed by atoms with Gasteiger partial charge < -0.3 is 8.83 Å². The summed E-state index contributed by atoms with van der Waals surface area (Å²) in [5, 5.41) is 19.3. The van der Waals surface area contributed by atoms with Gasteiger partial charge >= 0.3 is 0 Å². The Morgan fingerprint density at radius 2 is 1.80 bits per heavy atom. The van der Waals surface area contributed by atoms with E-state index in [-0.39, 0.29) is 11.6 Å². The minimum Gasteiger partial charge on any atom is -0.451 e. The third-order valence-corrected chi connectivity index (χ3v) is 3.58. The van der Waals surface area contributed by atoms with Gasteiger partial charge in [-0.05, 0) is 23.8 Å². The van der Waals surface area contributed by atoms with Crippen molar-refractivity contribution >= 4 is 28.8 Å². The number of nitro benzene ring substituents is 1. The van der Waals surface area contributed by atoms with Crippen LogP contribution in [0.4, 0.5) is 5.69 Å². The first-order valence-electron chi connectivity index (χ1n) is 7.44. The maximum atomic E-state index is 10.8. The number of non-ortho nitro benzene ring substituents is 1. The zero-order valence-electron chi connectivity index (χ0n) is 12.8. The molecule has 0 aliphatic rings. The molecule has 0 bridgehead atoms. The fraction of sp³-hybridized carbons (Fsp3) is 0. The van der Waals surface area contributed by atoms with Crippen LogP contribution in [0.25, 0.3) is 34.8 Å². The molecule has 0 saturated heterocycles. The lowest BCUT2D eigenvalue weighted by Crippen LogP contribution is -1.85. The van der Waals surface area contributed by atoms with Gasteiger partial charge in [0.25, 0.3) is 11.6 Å². The molecule has 7 nitrogen and oxygen atoms in total. The van der Waals surface area contributed by atoms with Gasteiger partial charge in [-0.15, -0.1) is 10.2 Å². The summed E-state index contributed by atoms with van der Waals surface area (Å²) in [5.74, 6) is 0.916. The highest BCUT2D eigenvalue weighted by Gasteiger charge is 2.15. The van der Waals surface area contributed by atoms with Crippen molar-refractivity contribution in [3.63, 3.8) is 0 Å². The molecular weight excluding hydrogens is 322 g/mol. The van der Waals surface area contributed by atoms with E-state index in [1.165, 1.54) is 12.1 Å². The van der Waals surface area contributed by atoms with Crippen LogP contribution < -0.4 is 0 Å². The van der Waals surface area contributed by atoms with E-state index < -0.39 is 4.92 Å². The third kappa shape index (κ3) is 3.02. The molecule has 2 aromatic carbocycles. The number of benzene rings is 2. The lowest BCUT2D eigenvalue weighted by Gasteiger charge is -1.89. The normalized spacial score (nSPS) is 11.4. The van der Waals surface area contributed by atoms with Gasteiger partial charge in [0.1, 0.15) is 5.58 Å². The average molecular weight is 333 g/mol. The molecule has 4 rings (SSSR count). The molecule has 2 aromatic heterocycles. The Hall–Kier alpha value is -3.74. The van der Waals surface area contributed by atoms with Crippen LogP contribution in [-0.4, -0.2) is 15.1 Å². The summed E-state index contributed by atoms with van der Waals surface area (Å²) in [6.45, 7) is 0. The van der Waals surface area contributed by atoms with E-state index in [0.29, 0.717) is 22.6 Å². The molecule has 0 atom stereocenters. The highest BCUT2D eigenvalue weighted by molar-refractivity contribution is 5.83. The molecule has 0 aliphatic heterocycles. The van der Waals surface area contributed by atoms with E-state index in [1.54, 1.807) is 18.2 Å². The average Bonchev–Trinajstić information content (AvgIpc) is 3.26. The van der Waals surface area contributed by atoms with Crippen LogP contribution in [0.5, 0.6) is 0 Å². The predicted octanol–water partition coefficient (Wildman–Crippen LogP) is 4.56. The van der Waals surface area contributed by atoms with Gasteiger partial charge in [0, 0.05) is 23.6 Å². The first kappa shape index (κ1) is 14.8. The Kier molecular flexibility index (Phi) is 3.59. The lowest BCUT2D eigenvalue weighted by atomic mass is 10.2. The predicted molar refractivity (Wildman–Crippen MR) is 91.5 cm³/mol. The number of hydrogen-bond acceptors (Lipinski definition) is 6. The van der Waals surface area contributed by atoms with E-state index in [4.69, 9.17) is 8.83 Å². The molecule has 25 heavy (non-hydrogen) atoms. The standard InChI is InChI=1S/C18H11N3O4/c22-21(23)14-7-8-15-13(10-14)11-16(24-15)18-20-19-17(25-18)9-6-12-4-2-1-3-5-12/h1-11H/b9-6+. The van der Waals surface area contributed by atoms with Crippen molar-refractivity contribution in [1.29, 1.82) is 0 Å². The Morgan fingerprint density at radius 1 is 0.960 bits per heavy atom. The van der Waals surface area contributed by atoms with Gasteiger partial charge in [0.05, 0.1) is 4.92 Å². The van der Waals surface area contributed by atoms with Crippen LogP contribution in [0.2, 0.25) is 0 Å². The Balaban J connectivity index is 1.62. The zero-order chi connectivity index (χ0) is 17.2. The monoisotopic (exact) mass is 333 g/mol. The Labute approximate surface area is 141 Å². The minimum atomic E-state index is -0.453. The zero-order valence-corrected chi connectivity index (χ0v) is 12.8. The van der Waals surface area contributed by atoms with E-state index >= 15 is 0 Å². The molecular formula is C18H11N3O4. The molecule has 0 amide bonds. The summed E-state index contributed by atoms with van der Waals surface area (Å²) in [5.41, 5.74) is 1.52. The topological polar surface area (TPSA) is 95.2 Å². The summed E-state index contributed by atoms with van der Waals surface area (Å²) < 4.78 is 11.2. The van der Waals surface area contributed by atoms with Crippen LogP contribution in [0, 0.1) is 10.1 Å². The Bertz CT molecular complexity index is 1080. The van der Waals surface area contributed by atoms with Crippen LogP contribution in [-0.2, 0) is 0 Å². The van der Waals surface area contributed by atoms with Crippen molar-refractivity contribution in [3.05, 3.63) is 76.2 Å². The van der Waals surface area contributed by atoms with Crippen molar-refractivity contribution in [3.8, 4) is 11.7 Å². The van der Waals surface area contributed by atoms with Crippen molar-refractivity contribution < 1.29 is 13.8 Å². The number of furan rings is 1. The minimum absolute atomic E-state index is 0.00291. The first-order chi connectivity index (χ1) is 12.2. The highest BCUT2D eigenvalue weighted by atomic mass is 16.6. The molecule has 0 unspecified atom stereocenters. The second kappa shape index (κ2) is 6.04. The van der Waals surface area contributed by atoms with E-state index in [9.17, 15) is 10.1 Å². The molecule has 0 saturated carbocycles. The van der Waals surface area contributed by atoms with E-state index in [2.05, 4.69) is 10.2 Å². The molecule has 0 spiro atoms. The number of aromatic nitrogens is 2. The second-order valence-electron chi connectivity index (χ2n) is 5.28. The fourth-order valence-electron chi connectivity index (χ4n) is 2.38. The van der Waals surface area contributed by atoms with Crippen molar-refractivity contribution in [2.45, 2.75) is 0 Å². The first-order valence-corrected chi connectivity index (χ1v) is 7.44. The highest BCUT2D eigenvalue weighted by Crippen LogP contribution is 2.29. The van der Waals surface area contributed by atoms with Gasteiger partial charge in [-0.1, -0.05) is 30.3 Å². The number of nitrogens with zero attached hydrogens (tertiary/aromatic N) is 3. The summed E-state index contributed by atoms with van der Waals surface area (Å²) in [7, 11) is 0. The SMILES string of the molecule is O=[N+]([O-])c1ccc2oc(-c3nnc(/C=C/c4ccccc4)o3)cc2c1. The fourth-order valence-corrected chi connectivity index (χ4v) is 2.38.